The molecule has 0 bridgehead atoms. The van der Waals surface area contributed by atoms with Crippen molar-refractivity contribution < 1.29 is 4.74 Å². The molecule has 0 saturated heterocycles. The molecular formula is C14H8BrCl2N3O. The van der Waals surface area contributed by atoms with Crippen LogP contribution in [0.25, 0.3) is 0 Å². The van der Waals surface area contributed by atoms with Crippen molar-refractivity contribution >= 4 is 39.1 Å². The lowest BCUT2D eigenvalue weighted by atomic mass is 10.2. The van der Waals surface area contributed by atoms with Crippen molar-refractivity contribution in [2.45, 2.75) is 13.3 Å². The fraction of sp³-hybridized carbons (Fsp3) is 0.143. The van der Waals surface area contributed by atoms with E-state index in [9.17, 15) is 0 Å². The Labute approximate surface area is 140 Å². The predicted molar refractivity (Wildman–Crippen MR) is 82.8 cm³/mol. The van der Waals surface area contributed by atoms with Gasteiger partial charge in [-0.2, -0.15) is 10.5 Å². The number of nitrogens with zero attached hydrogens (tertiary/aromatic N) is 3. The SMILES string of the molecule is N#Cc1cn(COCc2ccc(Cl)c(Cl)c2)c(Br)c1C#N. The Bertz CT molecular complexity index is 759. The summed E-state index contributed by atoms with van der Waals surface area (Å²) in [5.74, 6) is 0. The average Bonchev–Trinajstić information content (AvgIpc) is 2.78. The van der Waals surface area contributed by atoms with Gasteiger partial charge in [-0.1, -0.05) is 29.3 Å². The summed E-state index contributed by atoms with van der Waals surface area (Å²) in [4.78, 5) is 0. The van der Waals surface area contributed by atoms with Gasteiger partial charge in [0.05, 0.1) is 22.2 Å². The normalized spacial score (nSPS) is 10.1. The van der Waals surface area contributed by atoms with E-state index in [-0.39, 0.29) is 6.73 Å². The molecule has 2 rings (SSSR count). The van der Waals surface area contributed by atoms with Crippen molar-refractivity contribution in [2.24, 2.45) is 0 Å². The van der Waals surface area contributed by atoms with Crippen LogP contribution in [0.15, 0.2) is 29.0 Å². The van der Waals surface area contributed by atoms with Crippen molar-refractivity contribution in [3.8, 4) is 12.1 Å². The number of nitriles is 2. The molecule has 0 fully saturated rings. The lowest BCUT2D eigenvalue weighted by molar-refractivity contribution is 0.0629. The van der Waals surface area contributed by atoms with Crippen LogP contribution < -0.4 is 0 Å². The molecule has 0 saturated carbocycles. The molecule has 7 heteroatoms. The molecule has 1 aromatic heterocycles. The van der Waals surface area contributed by atoms with Gasteiger partial charge in [0.25, 0.3) is 0 Å². The molecule has 0 radical (unpaired) electrons. The van der Waals surface area contributed by atoms with E-state index >= 15 is 0 Å². The molecule has 0 unspecified atom stereocenters. The van der Waals surface area contributed by atoms with Crippen LogP contribution >= 0.6 is 39.1 Å². The van der Waals surface area contributed by atoms with Crippen molar-refractivity contribution in [1.29, 1.82) is 10.5 Å². The molecule has 0 amide bonds. The van der Waals surface area contributed by atoms with E-state index in [2.05, 4.69) is 15.9 Å². The fourth-order valence-electron chi connectivity index (χ4n) is 1.71. The monoisotopic (exact) mass is 383 g/mol. The zero-order chi connectivity index (χ0) is 15.4. The van der Waals surface area contributed by atoms with Crippen molar-refractivity contribution in [3.63, 3.8) is 0 Å². The number of benzene rings is 1. The van der Waals surface area contributed by atoms with E-state index < -0.39 is 0 Å². The maximum atomic E-state index is 8.99. The highest BCUT2D eigenvalue weighted by atomic mass is 79.9. The van der Waals surface area contributed by atoms with E-state index in [4.69, 9.17) is 38.5 Å². The Morgan fingerprint density at radius 2 is 1.95 bits per heavy atom. The van der Waals surface area contributed by atoms with E-state index in [1.807, 2.05) is 18.2 Å². The smallest absolute Gasteiger partial charge is 0.123 e. The molecule has 106 valence electrons. The predicted octanol–water partition coefficient (Wildman–Crippen LogP) is 4.48. The van der Waals surface area contributed by atoms with Gasteiger partial charge in [-0.05, 0) is 33.6 Å². The Hall–Kier alpha value is -1.50. The summed E-state index contributed by atoms with van der Waals surface area (Å²) in [6.45, 7) is 0.544. The van der Waals surface area contributed by atoms with Gasteiger partial charge in [-0.25, -0.2) is 0 Å². The summed E-state index contributed by atoms with van der Waals surface area (Å²) in [5, 5.41) is 18.9. The van der Waals surface area contributed by atoms with Crippen LogP contribution in [0.5, 0.6) is 0 Å². The zero-order valence-electron chi connectivity index (χ0n) is 10.6. The Kier molecular flexibility index (Phi) is 5.27. The molecule has 0 aliphatic carbocycles. The van der Waals surface area contributed by atoms with Gasteiger partial charge >= 0.3 is 0 Å². The molecule has 4 nitrogen and oxygen atoms in total. The second kappa shape index (κ2) is 6.98. The third kappa shape index (κ3) is 3.58. The summed E-state index contributed by atoms with van der Waals surface area (Å²) >= 11 is 15.0. The second-order valence-electron chi connectivity index (χ2n) is 4.13. The number of hydrogen-bond donors (Lipinski definition) is 0. The fourth-order valence-corrected chi connectivity index (χ4v) is 2.54. The zero-order valence-corrected chi connectivity index (χ0v) is 13.7. The minimum atomic E-state index is 0.206. The second-order valence-corrected chi connectivity index (χ2v) is 5.69. The summed E-state index contributed by atoms with van der Waals surface area (Å²) < 4.78 is 7.72. The summed E-state index contributed by atoms with van der Waals surface area (Å²) in [6, 6.07) is 9.20. The molecule has 0 N–H and O–H groups in total. The number of ether oxygens (including phenoxy) is 1. The number of halogens is 3. The van der Waals surface area contributed by atoms with Gasteiger partial charge in [-0.3, -0.25) is 0 Å². The Balaban J connectivity index is 2.04. The molecule has 2 aromatic rings. The standard InChI is InChI=1S/C14H8BrCl2N3O/c15-14-11(5-19)10(4-18)6-20(14)8-21-7-9-1-2-12(16)13(17)3-9/h1-3,6H,7-8H2. The topological polar surface area (TPSA) is 61.7 Å². The summed E-state index contributed by atoms with van der Waals surface area (Å²) in [6.07, 6.45) is 1.57. The van der Waals surface area contributed by atoms with Gasteiger partial charge in [0.2, 0.25) is 0 Å². The molecule has 0 aliphatic heterocycles. The van der Waals surface area contributed by atoms with Crippen LogP contribution in [0.4, 0.5) is 0 Å². The highest BCUT2D eigenvalue weighted by Crippen LogP contribution is 2.24. The van der Waals surface area contributed by atoms with Crippen LogP contribution in [0.1, 0.15) is 16.7 Å². The maximum absolute atomic E-state index is 8.99. The van der Waals surface area contributed by atoms with Crippen molar-refractivity contribution in [3.05, 3.63) is 55.7 Å². The van der Waals surface area contributed by atoms with E-state index in [1.165, 1.54) is 0 Å². The van der Waals surface area contributed by atoms with Gasteiger partial charge < -0.3 is 9.30 Å². The van der Waals surface area contributed by atoms with Crippen molar-refractivity contribution in [2.75, 3.05) is 0 Å². The first kappa shape index (κ1) is 15.9. The van der Waals surface area contributed by atoms with Gasteiger partial charge in [-0.15, -0.1) is 0 Å². The number of hydrogen-bond acceptors (Lipinski definition) is 3. The number of aromatic nitrogens is 1. The van der Waals surface area contributed by atoms with E-state index in [0.29, 0.717) is 32.4 Å². The number of rotatable bonds is 4. The first-order valence-electron chi connectivity index (χ1n) is 5.77. The van der Waals surface area contributed by atoms with Gasteiger partial charge in [0.15, 0.2) is 0 Å². The largest absolute Gasteiger partial charge is 0.356 e. The first-order chi connectivity index (χ1) is 10.1. The lowest BCUT2D eigenvalue weighted by Gasteiger charge is -2.07. The average molecular weight is 385 g/mol. The minimum Gasteiger partial charge on any atom is -0.356 e. The van der Waals surface area contributed by atoms with Crippen LogP contribution in [-0.4, -0.2) is 4.57 Å². The molecule has 0 spiro atoms. The highest BCUT2D eigenvalue weighted by Gasteiger charge is 2.13. The van der Waals surface area contributed by atoms with E-state index in [0.717, 1.165) is 5.56 Å². The summed E-state index contributed by atoms with van der Waals surface area (Å²) in [7, 11) is 0. The highest BCUT2D eigenvalue weighted by molar-refractivity contribution is 9.10. The van der Waals surface area contributed by atoms with Crippen LogP contribution in [-0.2, 0) is 18.1 Å². The molecule has 1 aromatic carbocycles. The first-order valence-corrected chi connectivity index (χ1v) is 7.32. The van der Waals surface area contributed by atoms with Gasteiger partial charge in [0, 0.05) is 6.20 Å². The van der Waals surface area contributed by atoms with Crippen LogP contribution in [0, 0.1) is 22.7 Å². The quantitative estimate of drug-likeness (QED) is 0.780. The molecular weight excluding hydrogens is 377 g/mol. The third-order valence-corrected chi connectivity index (χ3v) is 4.32. The minimum absolute atomic E-state index is 0.206. The molecule has 0 aliphatic rings. The molecule has 21 heavy (non-hydrogen) atoms. The van der Waals surface area contributed by atoms with Gasteiger partial charge in [0.1, 0.15) is 29.0 Å². The molecule has 1 heterocycles. The molecule has 0 atom stereocenters. The summed E-state index contributed by atoms with van der Waals surface area (Å²) in [5.41, 5.74) is 1.49. The van der Waals surface area contributed by atoms with E-state index in [1.54, 1.807) is 22.9 Å². The third-order valence-electron chi connectivity index (χ3n) is 2.73. The maximum Gasteiger partial charge on any atom is 0.123 e. The Morgan fingerprint density at radius 3 is 2.52 bits per heavy atom. The van der Waals surface area contributed by atoms with Crippen LogP contribution in [0.2, 0.25) is 10.0 Å². The van der Waals surface area contributed by atoms with Crippen LogP contribution in [0.3, 0.4) is 0 Å². The van der Waals surface area contributed by atoms with Crippen molar-refractivity contribution in [1.82, 2.24) is 4.57 Å². The lowest BCUT2D eigenvalue weighted by Crippen LogP contribution is -2.02. The Morgan fingerprint density at radius 1 is 1.19 bits per heavy atom.